The molecule has 0 saturated carbocycles. The molecule has 2 N–H and O–H groups in total. The fourth-order valence-corrected chi connectivity index (χ4v) is 3.20. The molecule has 1 aromatic carbocycles. The number of piperidine rings is 1. The van der Waals surface area contributed by atoms with E-state index in [0.29, 0.717) is 17.2 Å². The number of likely N-dealkylation sites (tertiary alicyclic amines) is 1. The van der Waals surface area contributed by atoms with Crippen LogP contribution in [0.15, 0.2) is 24.3 Å². The van der Waals surface area contributed by atoms with Gasteiger partial charge in [0.05, 0.1) is 0 Å². The van der Waals surface area contributed by atoms with Gasteiger partial charge < -0.3 is 20.3 Å². The van der Waals surface area contributed by atoms with E-state index < -0.39 is 5.91 Å². The fraction of sp³-hybridized carbons (Fsp3) is 0.579. The first-order valence-electron chi connectivity index (χ1n) is 9.06. The molecule has 0 radical (unpaired) electrons. The van der Waals surface area contributed by atoms with Gasteiger partial charge in [0, 0.05) is 25.2 Å². The Morgan fingerprint density at radius 3 is 2.28 bits per heavy atom. The van der Waals surface area contributed by atoms with Crippen molar-refractivity contribution in [2.75, 3.05) is 39.3 Å². The molecule has 0 aliphatic carbocycles. The first kappa shape index (κ1) is 19.2. The summed E-state index contributed by atoms with van der Waals surface area (Å²) in [6.07, 6.45) is 2.12. The Bertz CT molecular complexity index is 562. The minimum absolute atomic E-state index is 0.0581. The van der Waals surface area contributed by atoms with Crippen molar-refractivity contribution in [3.05, 3.63) is 29.8 Å². The Morgan fingerprint density at radius 1 is 1.16 bits per heavy atom. The van der Waals surface area contributed by atoms with Crippen LogP contribution in [0.4, 0.5) is 0 Å². The first-order valence-corrected chi connectivity index (χ1v) is 9.06. The van der Waals surface area contributed by atoms with Crippen LogP contribution < -0.4 is 10.5 Å². The molecule has 6 heteroatoms. The number of rotatable bonds is 8. The Labute approximate surface area is 149 Å². The zero-order valence-corrected chi connectivity index (χ0v) is 15.2. The molecule has 6 nitrogen and oxygen atoms in total. The molecule has 1 fully saturated rings. The van der Waals surface area contributed by atoms with Crippen LogP contribution in [0.3, 0.4) is 0 Å². The van der Waals surface area contributed by atoms with Gasteiger partial charge in [-0.15, -0.1) is 0 Å². The number of amides is 2. The number of benzene rings is 1. The maximum Gasteiger partial charge on any atom is 0.255 e. The van der Waals surface area contributed by atoms with Gasteiger partial charge in [-0.2, -0.15) is 0 Å². The Hall–Kier alpha value is -2.08. The maximum absolute atomic E-state index is 12.6. The van der Waals surface area contributed by atoms with E-state index in [0.717, 1.165) is 45.6 Å². The van der Waals surface area contributed by atoms with Crippen LogP contribution in [0.25, 0.3) is 0 Å². The average molecular weight is 347 g/mol. The van der Waals surface area contributed by atoms with Gasteiger partial charge >= 0.3 is 0 Å². The molecule has 0 atom stereocenters. The van der Waals surface area contributed by atoms with Crippen molar-refractivity contribution in [3.8, 4) is 5.75 Å². The third-order valence-corrected chi connectivity index (χ3v) is 4.79. The lowest BCUT2D eigenvalue weighted by atomic mass is 9.95. The highest BCUT2D eigenvalue weighted by Gasteiger charge is 2.24. The summed E-state index contributed by atoms with van der Waals surface area (Å²) in [4.78, 5) is 27.7. The number of hydrogen-bond donors (Lipinski definition) is 1. The summed E-state index contributed by atoms with van der Waals surface area (Å²) in [5.74, 6) is 0.747. The fourth-order valence-electron chi connectivity index (χ4n) is 3.20. The first-order chi connectivity index (χ1) is 12.0. The third-order valence-electron chi connectivity index (χ3n) is 4.79. The van der Waals surface area contributed by atoms with Gasteiger partial charge in [0.15, 0.2) is 6.61 Å². The minimum atomic E-state index is -0.521. The molecular weight excluding hydrogens is 318 g/mol. The molecule has 0 bridgehead atoms. The van der Waals surface area contributed by atoms with E-state index in [4.69, 9.17) is 10.5 Å². The molecule has 1 aliphatic heterocycles. The topological polar surface area (TPSA) is 75.9 Å². The van der Waals surface area contributed by atoms with Gasteiger partial charge in [-0.25, -0.2) is 0 Å². The van der Waals surface area contributed by atoms with E-state index in [1.807, 2.05) is 4.90 Å². The van der Waals surface area contributed by atoms with Gasteiger partial charge in [-0.3, -0.25) is 9.59 Å². The molecular formula is C19H29N3O3. The number of hydrogen-bond acceptors (Lipinski definition) is 4. The predicted octanol–water partition coefficient (Wildman–Crippen LogP) is 1.74. The molecule has 1 aromatic rings. The van der Waals surface area contributed by atoms with E-state index in [1.54, 1.807) is 24.3 Å². The molecule has 1 aliphatic rings. The maximum atomic E-state index is 12.6. The molecule has 0 spiro atoms. The molecule has 2 amide bonds. The van der Waals surface area contributed by atoms with Gasteiger partial charge in [0.1, 0.15) is 5.75 Å². The minimum Gasteiger partial charge on any atom is -0.484 e. The van der Waals surface area contributed by atoms with Crippen molar-refractivity contribution < 1.29 is 14.3 Å². The lowest BCUT2D eigenvalue weighted by molar-refractivity contribution is -0.119. The SMILES string of the molecule is CCN(CC)CC1CCN(C(=O)c2ccc(OCC(N)=O)cc2)CC1. The summed E-state index contributed by atoms with van der Waals surface area (Å²) < 4.78 is 5.22. The van der Waals surface area contributed by atoms with E-state index in [9.17, 15) is 9.59 Å². The van der Waals surface area contributed by atoms with Crippen LogP contribution in [-0.4, -0.2) is 60.9 Å². The summed E-state index contributed by atoms with van der Waals surface area (Å²) in [6.45, 7) is 9.14. The molecule has 1 heterocycles. The van der Waals surface area contributed by atoms with Gasteiger partial charge in [-0.1, -0.05) is 13.8 Å². The second kappa shape index (κ2) is 9.42. The second-order valence-electron chi connectivity index (χ2n) is 6.50. The summed E-state index contributed by atoms with van der Waals surface area (Å²) in [6, 6.07) is 6.87. The Kier molecular flexibility index (Phi) is 7.25. The Balaban J connectivity index is 1.84. The van der Waals surface area contributed by atoms with Crippen molar-refractivity contribution >= 4 is 11.8 Å². The van der Waals surface area contributed by atoms with E-state index in [1.165, 1.54) is 0 Å². The second-order valence-corrected chi connectivity index (χ2v) is 6.50. The zero-order chi connectivity index (χ0) is 18.2. The quantitative estimate of drug-likeness (QED) is 0.777. The molecule has 1 saturated heterocycles. The van der Waals surface area contributed by atoms with Crippen LogP contribution in [0.2, 0.25) is 0 Å². The molecule has 138 valence electrons. The number of carbonyl (C=O) groups excluding carboxylic acids is 2. The largest absolute Gasteiger partial charge is 0.484 e. The van der Waals surface area contributed by atoms with Gasteiger partial charge in [0.25, 0.3) is 11.8 Å². The smallest absolute Gasteiger partial charge is 0.255 e. The van der Waals surface area contributed by atoms with E-state index >= 15 is 0 Å². The van der Waals surface area contributed by atoms with Gasteiger partial charge in [0.2, 0.25) is 0 Å². The lowest BCUT2D eigenvalue weighted by Gasteiger charge is -2.34. The zero-order valence-electron chi connectivity index (χ0n) is 15.2. The number of carbonyl (C=O) groups is 2. The van der Waals surface area contributed by atoms with Crippen LogP contribution in [0.5, 0.6) is 5.75 Å². The highest BCUT2D eigenvalue weighted by Crippen LogP contribution is 2.21. The molecule has 25 heavy (non-hydrogen) atoms. The summed E-state index contributed by atoms with van der Waals surface area (Å²) in [5, 5.41) is 0. The van der Waals surface area contributed by atoms with Crippen molar-refractivity contribution in [1.29, 1.82) is 0 Å². The number of ether oxygens (including phenoxy) is 1. The van der Waals surface area contributed by atoms with E-state index in [2.05, 4.69) is 18.7 Å². The molecule has 0 aromatic heterocycles. The normalized spacial score (nSPS) is 15.4. The molecule has 0 unspecified atom stereocenters. The number of nitrogens with zero attached hydrogens (tertiary/aromatic N) is 2. The highest BCUT2D eigenvalue weighted by atomic mass is 16.5. The van der Waals surface area contributed by atoms with Crippen LogP contribution >= 0.6 is 0 Å². The van der Waals surface area contributed by atoms with Crippen molar-refractivity contribution in [1.82, 2.24) is 9.80 Å². The standard InChI is InChI=1S/C19H29N3O3/c1-3-21(4-2)13-15-9-11-22(12-10-15)19(24)16-5-7-17(8-6-16)25-14-18(20)23/h5-8,15H,3-4,9-14H2,1-2H3,(H2,20,23). The van der Waals surface area contributed by atoms with Crippen molar-refractivity contribution in [2.45, 2.75) is 26.7 Å². The lowest BCUT2D eigenvalue weighted by Crippen LogP contribution is -2.41. The monoisotopic (exact) mass is 347 g/mol. The average Bonchev–Trinajstić information content (AvgIpc) is 2.64. The predicted molar refractivity (Wildman–Crippen MR) is 97.5 cm³/mol. The summed E-state index contributed by atoms with van der Waals surface area (Å²) in [7, 11) is 0. The summed E-state index contributed by atoms with van der Waals surface area (Å²) in [5.41, 5.74) is 5.69. The third kappa shape index (κ3) is 5.74. The number of nitrogens with two attached hydrogens (primary N) is 1. The number of primary amides is 1. The van der Waals surface area contributed by atoms with E-state index in [-0.39, 0.29) is 12.5 Å². The van der Waals surface area contributed by atoms with Gasteiger partial charge in [-0.05, 0) is 56.1 Å². The van der Waals surface area contributed by atoms with Crippen LogP contribution in [-0.2, 0) is 4.79 Å². The highest BCUT2D eigenvalue weighted by molar-refractivity contribution is 5.94. The van der Waals surface area contributed by atoms with Crippen LogP contribution in [0.1, 0.15) is 37.0 Å². The van der Waals surface area contributed by atoms with Crippen molar-refractivity contribution in [2.24, 2.45) is 11.7 Å². The van der Waals surface area contributed by atoms with Crippen LogP contribution in [0, 0.1) is 5.92 Å². The molecule has 2 rings (SSSR count). The Morgan fingerprint density at radius 2 is 1.76 bits per heavy atom. The summed E-state index contributed by atoms with van der Waals surface area (Å²) >= 11 is 0. The van der Waals surface area contributed by atoms with Crippen molar-refractivity contribution in [3.63, 3.8) is 0 Å².